The Kier molecular flexibility index (Phi) is 4.73. The summed E-state index contributed by atoms with van der Waals surface area (Å²) in [5.41, 5.74) is 1.49. The quantitative estimate of drug-likeness (QED) is 0.743. The van der Waals surface area contributed by atoms with Gasteiger partial charge < -0.3 is 10.0 Å². The van der Waals surface area contributed by atoms with Gasteiger partial charge in [0.15, 0.2) is 0 Å². The highest BCUT2D eigenvalue weighted by molar-refractivity contribution is 5.87. The molecule has 0 radical (unpaired) electrons. The third-order valence-electron chi connectivity index (χ3n) is 5.20. The Morgan fingerprint density at radius 3 is 2.04 bits per heavy atom. The normalized spacial score (nSPS) is 14.9. The predicted octanol–water partition coefficient (Wildman–Crippen LogP) is 2.72. The summed E-state index contributed by atoms with van der Waals surface area (Å²) in [6, 6.07) is 19.9. The topological polar surface area (TPSA) is 71.2 Å². The molecule has 144 valence electrons. The summed E-state index contributed by atoms with van der Waals surface area (Å²) in [7, 11) is 0. The molecule has 0 bridgehead atoms. The molecule has 6 heteroatoms. The van der Waals surface area contributed by atoms with Crippen LogP contribution in [-0.4, -0.2) is 44.0 Å². The lowest BCUT2D eigenvalue weighted by atomic mass is 9.89. The third-order valence-corrected chi connectivity index (χ3v) is 5.20. The molecule has 4 rings (SSSR count). The molecule has 1 N–H and O–H groups in total. The van der Waals surface area contributed by atoms with Crippen molar-refractivity contribution in [2.45, 2.75) is 31.4 Å². The molecular formula is C22H24N4O2. The molecule has 28 heavy (non-hydrogen) atoms. The molecule has 1 aromatic heterocycles. The van der Waals surface area contributed by atoms with Gasteiger partial charge >= 0.3 is 0 Å². The van der Waals surface area contributed by atoms with Gasteiger partial charge in [-0.15, -0.1) is 5.10 Å². The Hall–Kier alpha value is -2.99. The van der Waals surface area contributed by atoms with E-state index in [-0.39, 0.29) is 17.9 Å². The van der Waals surface area contributed by atoms with Crippen LogP contribution in [0.5, 0.6) is 0 Å². The van der Waals surface area contributed by atoms with Gasteiger partial charge in [0.1, 0.15) is 11.3 Å². The third kappa shape index (κ3) is 3.55. The van der Waals surface area contributed by atoms with E-state index in [9.17, 15) is 9.90 Å². The van der Waals surface area contributed by atoms with E-state index < -0.39 is 5.60 Å². The zero-order chi connectivity index (χ0) is 19.7. The molecule has 0 unspecified atom stereocenters. The Balaban J connectivity index is 1.51. The van der Waals surface area contributed by atoms with Crippen LogP contribution >= 0.6 is 0 Å². The number of likely N-dealkylation sites (tertiary alicyclic amines) is 1. The Labute approximate surface area is 164 Å². The zero-order valence-corrected chi connectivity index (χ0v) is 16.1. The molecule has 1 aliphatic rings. The minimum Gasteiger partial charge on any atom is -0.384 e. The summed E-state index contributed by atoms with van der Waals surface area (Å²) < 4.78 is 1.75. The molecule has 1 aliphatic heterocycles. The molecule has 0 spiro atoms. The Morgan fingerprint density at radius 2 is 1.57 bits per heavy atom. The second-order valence-corrected chi connectivity index (χ2v) is 7.79. The maximum atomic E-state index is 13.3. The monoisotopic (exact) mass is 376 g/mol. The van der Waals surface area contributed by atoms with Gasteiger partial charge in [0.05, 0.1) is 18.2 Å². The number of benzene rings is 2. The highest BCUT2D eigenvalue weighted by atomic mass is 16.3. The van der Waals surface area contributed by atoms with Crippen LogP contribution in [0.25, 0.3) is 0 Å². The van der Waals surface area contributed by atoms with Crippen LogP contribution < -0.4 is 0 Å². The van der Waals surface area contributed by atoms with Crippen LogP contribution in [-0.2, 0) is 10.4 Å². The molecule has 0 atom stereocenters. The molecule has 0 saturated carbocycles. The maximum Gasteiger partial charge on any atom is 0.234 e. The van der Waals surface area contributed by atoms with E-state index in [2.05, 4.69) is 10.3 Å². The fourth-order valence-electron chi connectivity index (χ4n) is 3.49. The van der Waals surface area contributed by atoms with Gasteiger partial charge in [0.25, 0.3) is 0 Å². The number of hydrogen-bond acceptors (Lipinski definition) is 4. The number of rotatable bonds is 5. The van der Waals surface area contributed by atoms with Gasteiger partial charge in [0.2, 0.25) is 5.91 Å². The fraction of sp³-hybridized carbons (Fsp3) is 0.318. The van der Waals surface area contributed by atoms with Crippen molar-refractivity contribution in [1.29, 1.82) is 0 Å². The summed E-state index contributed by atoms with van der Waals surface area (Å²) in [5, 5.41) is 18.2. The van der Waals surface area contributed by atoms with Crippen molar-refractivity contribution in [3.8, 4) is 0 Å². The number of nitrogens with zero attached hydrogens (tertiary/aromatic N) is 4. The highest BCUT2D eigenvalue weighted by Gasteiger charge is 2.37. The molecule has 6 nitrogen and oxygen atoms in total. The van der Waals surface area contributed by atoms with Crippen molar-refractivity contribution in [2.75, 3.05) is 13.1 Å². The van der Waals surface area contributed by atoms with Gasteiger partial charge in [-0.05, 0) is 25.0 Å². The Morgan fingerprint density at radius 1 is 1.04 bits per heavy atom. The summed E-state index contributed by atoms with van der Waals surface area (Å²) in [5.74, 6) is -0.220. The molecule has 1 saturated heterocycles. The molecular weight excluding hydrogens is 352 g/mol. The highest BCUT2D eigenvalue weighted by Crippen LogP contribution is 2.31. The number of carbonyl (C=O) groups is 1. The fourth-order valence-corrected chi connectivity index (χ4v) is 3.49. The standard InChI is InChI=1S/C22H24N4O2/c1-22(2,28)19-15-26(24-23-19)18-13-25(14-18)21(27)20(16-9-5-3-6-10-16)17-11-7-4-8-12-17/h3-12,15,18,20,28H,13-14H2,1-2H3. The molecule has 3 aromatic rings. The van der Waals surface area contributed by atoms with Crippen molar-refractivity contribution < 1.29 is 9.90 Å². The van der Waals surface area contributed by atoms with Gasteiger partial charge in [-0.1, -0.05) is 65.9 Å². The maximum absolute atomic E-state index is 13.3. The predicted molar refractivity (Wildman–Crippen MR) is 106 cm³/mol. The number of hydrogen-bond donors (Lipinski definition) is 1. The van der Waals surface area contributed by atoms with E-state index in [1.807, 2.05) is 65.6 Å². The van der Waals surface area contributed by atoms with Crippen molar-refractivity contribution >= 4 is 5.91 Å². The SMILES string of the molecule is CC(C)(O)c1cn(C2CN(C(=O)C(c3ccccc3)c3ccccc3)C2)nn1. The smallest absolute Gasteiger partial charge is 0.234 e. The summed E-state index contributed by atoms with van der Waals surface area (Å²) in [6.45, 7) is 4.54. The number of aromatic nitrogens is 3. The first kappa shape index (κ1) is 18.4. The van der Waals surface area contributed by atoms with Crippen molar-refractivity contribution in [2.24, 2.45) is 0 Å². The van der Waals surface area contributed by atoms with Gasteiger partial charge in [-0.2, -0.15) is 0 Å². The van der Waals surface area contributed by atoms with Crippen LogP contribution in [0.3, 0.4) is 0 Å². The van der Waals surface area contributed by atoms with Crippen molar-refractivity contribution in [3.63, 3.8) is 0 Å². The van der Waals surface area contributed by atoms with E-state index in [0.29, 0.717) is 18.8 Å². The Bertz CT molecular complexity index is 902. The molecule has 2 aromatic carbocycles. The lowest BCUT2D eigenvalue weighted by molar-refractivity contribution is -0.137. The second-order valence-electron chi connectivity index (χ2n) is 7.79. The minimum atomic E-state index is -1.02. The molecule has 1 fully saturated rings. The first-order chi connectivity index (χ1) is 13.4. The average molecular weight is 376 g/mol. The summed E-state index contributed by atoms with van der Waals surface area (Å²) in [4.78, 5) is 15.2. The number of carbonyl (C=O) groups excluding carboxylic acids is 1. The molecule has 2 heterocycles. The molecule has 1 amide bonds. The summed E-state index contributed by atoms with van der Waals surface area (Å²) in [6.07, 6.45) is 1.76. The average Bonchev–Trinajstić information content (AvgIpc) is 3.13. The van der Waals surface area contributed by atoms with E-state index in [4.69, 9.17) is 0 Å². The van der Waals surface area contributed by atoms with Gasteiger partial charge in [-0.3, -0.25) is 4.79 Å². The van der Waals surface area contributed by atoms with E-state index in [0.717, 1.165) is 11.1 Å². The van der Waals surface area contributed by atoms with Crippen LogP contribution in [0, 0.1) is 0 Å². The van der Waals surface area contributed by atoms with Crippen molar-refractivity contribution in [1.82, 2.24) is 19.9 Å². The lowest BCUT2D eigenvalue weighted by Gasteiger charge is -2.40. The zero-order valence-electron chi connectivity index (χ0n) is 16.1. The summed E-state index contributed by atoms with van der Waals surface area (Å²) >= 11 is 0. The van der Waals surface area contributed by atoms with Gasteiger partial charge in [0, 0.05) is 13.1 Å². The van der Waals surface area contributed by atoms with Crippen LogP contribution in [0.2, 0.25) is 0 Å². The minimum absolute atomic E-state index is 0.0831. The van der Waals surface area contributed by atoms with E-state index >= 15 is 0 Å². The van der Waals surface area contributed by atoms with Crippen LogP contribution in [0.1, 0.15) is 42.6 Å². The van der Waals surface area contributed by atoms with Crippen LogP contribution in [0.15, 0.2) is 66.9 Å². The number of amides is 1. The second kappa shape index (κ2) is 7.20. The first-order valence-electron chi connectivity index (χ1n) is 9.47. The first-order valence-corrected chi connectivity index (χ1v) is 9.47. The molecule has 0 aliphatic carbocycles. The largest absolute Gasteiger partial charge is 0.384 e. The van der Waals surface area contributed by atoms with Crippen molar-refractivity contribution in [3.05, 3.63) is 83.7 Å². The van der Waals surface area contributed by atoms with Crippen LogP contribution in [0.4, 0.5) is 0 Å². The number of aliphatic hydroxyl groups is 1. The van der Waals surface area contributed by atoms with Gasteiger partial charge in [-0.25, -0.2) is 4.68 Å². The van der Waals surface area contributed by atoms with E-state index in [1.54, 1.807) is 24.7 Å². The lowest BCUT2D eigenvalue weighted by Crippen LogP contribution is -2.52. The van der Waals surface area contributed by atoms with E-state index in [1.165, 1.54) is 0 Å².